The van der Waals surface area contributed by atoms with Crippen LogP contribution in [0, 0.1) is 0 Å². The minimum Gasteiger partial charge on any atom is -0.383 e. The molecule has 22 heavy (non-hydrogen) atoms. The summed E-state index contributed by atoms with van der Waals surface area (Å²) in [5, 5.41) is 2.70. The van der Waals surface area contributed by atoms with Gasteiger partial charge in [0.05, 0.1) is 11.5 Å². The molecule has 1 amide bonds. The lowest BCUT2D eigenvalue weighted by Crippen LogP contribution is -2.28. The smallest absolute Gasteiger partial charge is 0.251 e. The molecule has 0 aliphatic rings. The van der Waals surface area contributed by atoms with Crippen molar-refractivity contribution in [1.29, 1.82) is 0 Å². The lowest BCUT2D eigenvalue weighted by atomic mass is 10.2. The zero-order valence-corrected chi connectivity index (χ0v) is 14.0. The monoisotopic (exact) mass is 351 g/mol. The quantitative estimate of drug-likeness (QED) is 0.547. The third kappa shape index (κ3) is 6.71. The molecule has 4 N–H and O–H groups in total. The second kappa shape index (κ2) is 10.5. The highest BCUT2D eigenvalue weighted by molar-refractivity contribution is 7.89. The maximum Gasteiger partial charge on any atom is 0.251 e. The molecule has 0 aliphatic carbocycles. The van der Waals surface area contributed by atoms with Crippen molar-refractivity contribution in [3.63, 3.8) is 0 Å². The van der Waals surface area contributed by atoms with Gasteiger partial charge in [0.2, 0.25) is 10.0 Å². The van der Waals surface area contributed by atoms with E-state index in [0.29, 0.717) is 31.7 Å². The van der Waals surface area contributed by atoms with Crippen LogP contribution >= 0.6 is 12.4 Å². The maximum absolute atomic E-state index is 11.9. The van der Waals surface area contributed by atoms with Gasteiger partial charge in [0, 0.05) is 25.8 Å². The summed E-state index contributed by atoms with van der Waals surface area (Å²) >= 11 is 0. The number of ether oxygens (including phenoxy) is 1. The summed E-state index contributed by atoms with van der Waals surface area (Å²) in [4.78, 5) is 11.9. The topological polar surface area (TPSA) is 111 Å². The van der Waals surface area contributed by atoms with E-state index < -0.39 is 10.0 Å². The number of sulfonamides is 1. The summed E-state index contributed by atoms with van der Waals surface area (Å²) in [6.45, 7) is 1.49. The fourth-order valence-corrected chi connectivity index (χ4v) is 2.57. The van der Waals surface area contributed by atoms with Gasteiger partial charge in [-0.1, -0.05) is 0 Å². The van der Waals surface area contributed by atoms with Crippen LogP contribution in [0.25, 0.3) is 0 Å². The second-order valence-electron chi connectivity index (χ2n) is 4.31. The van der Waals surface area contributed by atoms with E-state index in [4.69, 9.17) is 10.5 Å². The van der Waals surface area contributed by atoms with Crippen LogP contribution in [-0.4, -0.2) is 47.7 Å². The molecule has 1 aromatic rings. The lowest BCUT2D eigenvalue weighted by Gasteiger charge is -2.08. The number of hydrogen-bond donors (Lipinski definition) is 3. The first-order valence-electron chi connectivity index (χ1n) is 6.58. The average Bonchev–Trinajstić information content (AvgIpc) is 2.47. The van der Waals surface area contributed by atoms with Gasteiger partial charge in [0.25, 0.3) is 5.91 Å². The number of hydrogen-bond acceptors (Lipinski definition) is 5. The highest BCUT2D eigenvalue weighted by atomic mass is 35.5. The predicted octanol–water partition coefficient (Wildman–Crippen LogP) is 0.112. The van der Waals surface area contributed by atoms with Crippen molar-refractivity contribution in [2.45, 2.75) is 11.3 Å². The van der Waals surface area contributed by atoms with Crippen LogP contribution in [0.3, 0.4) is 0 Å². The first kappa shape index (κ1) is 20.8. The van der Waals surface area contributed by atoms with Crippen molar-refractivity contribution in [2.75, 3.05) is 33.4 Å². The maximum atomic E-state index is 11.9. The molecule has 1 rings (SSSR count). The van der Waals surface area contributed by atoms with E-state index >= 15 is 0 Å². The van der Waals surface area contributed by atoms with Gasteiger partial charge in [0.1, 0.15) is 0 Å². The molecule has 0 radical (unpaired) electrons. The van der Waals surface area contributed by atoms with E-state index in [1.807, 2.05) is 0 Å². The predicted molar refractivity (Wildman–Crippen MR) is 86.8 cm³/mol. The van der Waals surface area contributed by atoms with E-state index in [-0.39, 0.29) is 29.8 Å². The standard InChI is InChI=1S/C13H21N3O4S.ClH/c1-20-10-9-16-21(18,19)12-5-3-11(4-6-12)13(17)15-8-2-7-14;/h3-6,16H,2,7-10,14H2,1H3,(H,15,17);1H. The van der Waals surface area contributed by atoms with Crippen LogP contribution in [0.4, 0.5) is 0 Å². The Bertz CT molecular complexity index is 549. The second-order valence-corrected chi connectivity index (χ2v) is 6.08. The Morgan fingerprint density at radius 3 is 2.41 bits per heavy atom. The molecule has 0 spiro atoms. The molecular weight excluding hydrogens is 330 g/mol. The minimum absolute atomic E-state index is 0. The highest BCUT2D eigenvalue weighted by Gasteiger charge is 2.14. The van der Waals surface area contributed by atoms with Gasteiger partial charge in [-0.2, -0.15) is 0 Å². The fraction of sp³-hybridized carbons (Fsp3) is 0.462. The van der Waals surface area contributed by atoms with Crippen molar-refractivity contribution in [1.82, 2.24) is 10.0 Å². The number of carbonyl (C=O) groups is 1. The van der Waals surface area contributed by atoms with Gasteiger partial charge in [-0.25, -0.2) is 13.1 Å². The summed E-state index contributed by atoms with van der Waals surface area (Å²) in [5.74, 6) is -0.250. The Hall–Kier alpha value is -1.19. The van der Waals surface area contributed by atoms with Crippen LogP contribution in [0.1, 0.15) is 16.8 Å². The Morgan fingerprint density at radius 2 is 1.86 bits per heavy atom. The Balaban J connectivity index is 0.00000441. The number of nitrogens with one attached hydrogen (secondary N) is 2. The minimum atomic E-state index is -3.57. The molecule has 0 saturated heterocycles. The SMILES string of the molecule is COCCNS(=O)(=O)c1ccc(C(=O)NCCCN)cc1.Cl. The zero-order valence-electron chi connectivity index (χ0n) is 12.4. The van der Waals surface area contributed by atoms with Gasteiger partial charge in [-0.05, 0) is 37.2 Å². The lowest BCUT2D eigenvalue weighted by molar-refractivity contribution is 0.0953. The van der Waals surface area contributed by atoms with Gasteiger partial charge in [-0.3, -0.25) is 4.79 Å². The number of carbonyl (C=O) groups excluding carboxylic acids is 1. The van der Waals surface area contributed by atoms with Crippen molar-refractivity contribution in [3.8, 4) is 0 Å². The average molecular weight is 352 g/mol. The van der Waals surface area contributed by atoms with E-state index in [2.05, 4.69) is 10.0 Å². The van der Waals surface area contributed by atoms with Crippen molar-refractivity contribution < 1.29 is 17.9 Å². The molecule has 126 valence electrons. The van der Waals surface area contributed by atoms with Gasteiger partial charge >= 0.3 is 0 Å². The van der Waals surface area contributed by atoms with E-state index in [0.717, 1.165) is 0 Å². The van der Waals surface area contributed by atoms with Crippen LogP contribution in [0.2, 0.25) is 0 Å². The fourth-order valence-electron chi connectivity index (χ4n) is 1.55. The number of benzene rings is 1. The van der Waals surface area contributed by atoms with Crippen LogP contribution in [0.5, 0.6) is 0 Å². The third-order valence-corrected chi connectivity index (χ3v) is 4.17. The Labute approximate surface area is 137 Å². The molecule has 0 aromatic heterocycles. The molecule has 1 aromatic carbocycles. The van der Waals surface area contributed by atoms with E-state index in [1.165, 1.54) is 31.4 Å². The molecule has 0 saturated carbocycles. The molecule has 0 aliphatic heterocycles. The molecule has 7 nitrogen and oxygen atoms in total. The molecule has 0 fully saturated rings. The molecule has 9 heteroatoms. The van der Waals surface area contributed by atoms with E-state index in [9.17, 15) is 13.2 Å². The number of methoxy groups -OCH3 is 1. The van der Waals surface area contributed by atoms with Crippen LogP contribution < -0.4 is 15.8 Å². The summed E-state index contributed by atoms with van der Waals surface area (Å²) in [6, 6.07) is 5.74. The molecule has 0 heterocycles. The summed E-state index contributed by atoms with van der Waals surface area (Å²) < 4.78 is 31.0. The number of halogens is 1. The number of amides is 1. The van der Waals surface area contributed by atoms with Gasteiger partial charge in [0.15, 0.2) is 0 Å². The van der Waals surface area contributed by atoms with Crippen molar-refractivity contribution in [3.05, 3.63) is 29.8 Å². The third-order valence-electron chi connectivity index (χ3n) is 2.69. The normalized spacial score (nSPS) is 10.8. The number of nitrogens with two attached hydrogens (primary N) is 1. The van der Waals surface area contributed by atoms with Gasteiger partial charge < -0.3 is 15.8 Å². The van der Waals surface area contributed by atoms with Gasteiger partial charge in [-0.15, -0.1) is 12.4 Å². The van der Waals surface area contributed by atoms with E-state index in [1.54, 1.807) is 0 Å². The Kier molecular flexibility index (Phi) is 9.95. The Morgan fingerprint density at radius 1 is 1.23 bits per heavy atom. The summed E-state index contributed by atoms with van der Waals surface area (Å²) in [5.41, 5.74) is 5.74. The number of rotatable bonds is 9. The summed E-state index contributed by atoms with van der Waals surface area (Å²) in [7, 11) is -2.08. The van der Waals surface area contributed by atoms with Crippen LogP contribution in [-0.2, 0) is 14.8 Å². The molecule has 0 bridgehead atoms. The molecule has 0 unspecified atom stereocenters. The largest absolute Gasteiger partial charge is 0.383 e. The van der Waals surface area contributed by atoms with Crippen molar-refractivity contribution in [2.24, 2.45) is 5.73 Å². The first-order chi connectivity index (χ1) is 10.0. The zero-order chi connectivity index (χ0) is 15.7. The summed E-state index contributed by atoms with van der Waals surface area (Å²) in [6.07, 6.45) is 0.696. The molecular formula is C13H22ClN3O4S. The van der Waals surface area contributed by atoms with Crippen molar-refractivity contribution >= 4 is 28.3 Å². The molecule has 0 atom stereocenters. The van der Waals surface area contributed by atoms with Crippen LogP contribution in [0.15, 0.2) is 29.2 Å². The highest BCUT2D eigenvalue weighted by Crippen LogP contribution is 2.10. The first-order valence-corrected chi connectivity index (χ1v) is 8.06.